The van der Waals surface area contributed by atoms with Gasteiger partial charge in [-0.1, -0.05) is 0 Å². The summed E-state index contributed by atoms with van der Waals surface area (Å²) >= 11 is 0. The summed E-state index contributed by atoms with van der Waals surface area (Å²) in [5.41, 5.74) is 6.03. The van der Waals surface area contributed by atoms with Crippen LogP contribution < -0.4 is 5.73 Å². The van der Waals surface area contributed by atoms with Crippen LogP contribution in [0.1, 0.15) is 17.0 Å². The third kappa shape index (κ3) is 2.15. The normalized spacial score (nSPS) is 11.8. The Balaban J connectivity index is 2.59. The molecular formula is C11H11F3N4. The van der Waals surface area contributed by atoms with Crippen molar-refractivity contribution in [3.05, 3.63) is 35.4 Å². The molecular weight excluding hydrogens is 245 g/mol. The Kier molecular flexibility index (Phi) is 2.76. The number of alkyl halides is 3. The highest BCUT2D eigenvalue weighted by Gasteiger charge is 2.31. The Morgan fingerprint density at radius 1 is 1.22 bits per heavy atom. The summed E-state index contributed by atoms with van der Waals surface area (Å²) in [6.45, 7) is 3.52. The minimum Gasteiger partial charge on any atom is -0.384 e. The molecule has 0 aliphatic rings. The lowest BCUT2D eigenvalue weighted by molar-refractivity contribution is -0.137. The van der Waals surface area contributed by atoms with Gasteiger partial charge in [0.2, 0.25) is 0 Å². The summed E-state index contributed by atoms with van der Waals surface area (Å²) in [7, 11) is 0. The molecule has 0 fully saturated rings. The highest BCUT2D eigenvalue weighted by atomic mass is 19.4. The van der Waals surface area contributed by atoms with Crippen molar-refractivity contribution in [2.75, 3.05) is 5.73 Å². The van der Waals surface area contributed by atoms with E-state index in [0.717, 1.165) is 23.5 Å². The lowest BCUT2D eigenvalue weighted by Gasteiger charge is -2.11. The van der Waals surface area contributed by atoms with Crippen molar-refractivity contribution >= 4 is 5.82 Å². The van der Waals surface area contributed by atoms with Crippen LogP contribution in [0.5, 0.6) is 0 Å². The SMILES string of the molecule is Cc1ncn(-c2cc(C(F)(F)F)cc(N)n2)c1C. The minimum atomic E-state index is -4.45. The molecule has 2 rings (SSSR count). The molecule has 0 spiro atoms. The Labute approximate surface area is 101 Å². The second-order valence-electron chi connectivity index (χ2n) is 3.92. The third-order valence-electron chi connectivity index (χ3n) is 2.66. The van der Waals surface area contributed by atoms with E-state index in [-0.39, 0.29) is 11.6 Å². The number of nitrogen functional groups attached to an aromatic ring is 1. The number of halogens is 3. The van der Waals surface area contributed by atoms with Crippen LogP contribution in [0.4, 0.5) is 19.0 Å². The van der Waals surface area contributed by atoms with Crippen molar-refractivity contribution < 1.29 is 13.2 Å². The van der Waals surface area contributed by atoms with E-state index in [1.165, 1.54) is 10.9 Å². The maximum atomic E-state index is 12.7. The average Bonchev–Trinajstić information content (AvgIpc) is 2.58. The smallest absolute Gasteiger partial charge is 0.384 e. The lowest BCUT2D eigenvalue weighted by atomic mass is 10.2. The van der Waals surface area contributed by atoms with Gasteiger partial charge in [0.15, 0.2) is 0 Å². The Hall–Kier alpha value is -2.05. The predicted molar refractivity (Wildman–Crippen MR) is 60.2 cm³/mol. The molecule has 18 heavy (non-hydrogen) atoms. The lowest BCUT2D eigenvalue weighted by Crippen LogP contribution is -2.10. The zero-order valence-electron chi connectivity index (χ0n) is 9.78. The van der Waals surface area contributed by atoms with E-state index in [9.17, 15) is 13.2 Å². The molecule has 2 aromatic heterocycles. The first kappa shape index (κ1) is 12.4. The number of aryl methyl sites for hydroxylation is 1. The van der Waals surface area contributed by atoms with Gasteiger partial charge in [0.1, 0.15) is 18.0 Å². The van der Waals surface area contributed by atoms with Crippen molar-refractivity contribution in [2.24, 2.45) is 0 Å². The number of nitrogens with zero attached hydrogens (tertiary/aromatic N) is 3. The van der Waals surface area contributed by atoms with Gasteiger partial charge >= 0.3 is 6.18 Å². The van der Waals surface area contributed by atoms with Crippen LogP contribution in [0.25, 0.3) is 5.82 Å². The van der Waals surface area contributed by atoms with Crippen molar-refractivity contribution in [2.45, 2.75) is 20.0 Å². The molecule has 0 amide bonds. The molecule has 0 aliphatic heterocycles. The van der Waals surface area contributed by atoms with Crippen LogP contribution >= 0.6 is 0 Å². The van der Waals surface area contributed by atoms with Gasteiger partial charge < -0.3 is 5.73 Å². The van der Waals surface area contributed by atoms with Crippen LogP contribution in [0.3, 0.4) is 0 Å². The van der Waals surface area contributed by atoms with Gasteiger partial charge in [-0.25, -0.2) is 9.97 Å². The van der Waals surface area contributed by atoms with Crippen LogP contribution in [0.2, 0.25) is 0 Å². The Bertz CT molecular complexity index is 586. The molecule has 4 nitrogen and oxygen atoms in total. The van der Waals surface area contributed by atoms with Crippen LogP contribution in [0, 0.1) is 13.8 Å². The van der Waals surface area contributed by atoms with Gasteiger partial charge in [-0.05, 0) is 26.0 Å². The van der Waals surface area contributed by atoms with Crippen molar-refractivity contribution in [1.29, 1.82) is 0 Å². The molecule has 2 heterocycles. The summed E-state index contributed by atoms with van der Waals surface area (Å²) in [6, 6.07) is 1.76. The van der Waals surface area contributed by atoms with Crippen molar-refractivity contribution in [3.63, 3.8) is 0 Å². The van der Waals surface area contributed by atoms with E-state index in [1.54, 1.807) is 13.8 Å². The zero-order valence-corrected chi connectivity index (χ0v) is 9.78. The van der Waals surface area contributed by atoms with E-state index in [2.05, 4.69) is 9.97 Å². The zero-order chi connectivity index (χ0) is 13.5. The molecule has 96 valence electrons. The van der Waals surface area contributed by atoms with Crippen molar-refractivity contribution in [3.8, 4) is 5.82 Å². The van der Waals surface area contributed by atoms with E-state index in [1.807, 2.05) is 0 Å². The molecule has 0 saturated carbocycles. The molecule has 0 bridgehead atoms. The van der Waals surface area contributed by atoms with Gasteiger partial charge in [0, 0.05) is 5.69 Å². The number of pyridine rings is 1. The maximum Gasteiger partial charge on any atom is 0.416 e. The molecule has 0 radical (unpaired) electrons. The monoisotopic (exact) mass is 256 g/mol. The number of hydrogen-bond acceptors (Lipinski definition) is 3. The standard InChI is InChI=1S/C11H11F3N4/c1-6-7(2)18(5-16-6)10-4-8(11(12,13)14)3-9(15)17-10/h3-5H,1-2H3,(H2,15,17). The Morgan fingerprint density at radius 3 is 2.39 bits per heavy atom. The second-order valence-corrected chi connectivity index (χ2v) is 3.92. The maximum absolute atomic E-state index is 12.7. The first-order chi connectivity index (χ1) is 8.29. The highest BCUT2D eigenvalue weighted by molar-refractivity contribution is 5.42. The van der Waals surface area contributed by atoms with Gasteiger partial charge in [-0.2, -0.15) is 13.2 Å². The molecule has 2 aromatic rings. The molecule has 0 atom stereocenters. The second kappa shape index (κ2) is 4.01. The quantitative estimate of drug-likeness (QED) is 0.852. The molecule has 0 aromatic carbocycles. The van der Waals surface area contributed by atoms with Gasteiger partial charge in [-0.15, -0.1) is 0 Å². The van der Waals surface area contributed by atoms with E-state index in [0.29, 0.717) is 0 Å². The minimum absolute atomic E-state index is 0.112. The largest absolute Gasteiger partial charge is 0.416 e. The summed E-state index contributed by atoms with van der Waals surface area (Å²) in [5.74, 6) is -0.0639. The summed E-state index contributed by atoms with van der Waals surface area (Å²) in [6.07, 6.45) is -3.03. The van der Waals surface area contributed by atoms with E-state index in [4.69, 9.17) is 5.73 Å². The molecule has 0 saturated heterocycles. The van der Waals surface area contributed by atoms with Gasteiger partial charge in [0.05, 0.1) is 11.3 Å². The summed E-state index contributed by atoms with van der Waals surface area (Å²) < 4.78 is 39.5. The van der Waals surface area contributed by atoms with Crippen LogP contribution in [0.15, 0.2) is 18.5 Å². The summed E-state index contributed by atoms with van der Waals surface area (Å²) in [5, 5.41) is 0. The fourth-order valence-electron chi connectivity index (χ4n) is 1.55. The van der Waals surface area contributed by atoms with E-state index < -0.39 is 11.7 Å². The molecule has 7 heteroatoms. The van der Waals surface area contributed by atoms with Gasteiger partial charge in [0.25, 0.3) is 0 Å². The van der Waals surface area contributed by atoms with Crippen LogP contribution in [-0.2, 0) is 6.18 Å². The summed E-state index contributed by atoms with van der Waals surface area (Å²) in [4.78, 5) is 7.91. The fraction of sp³-hybridized carbons (Fsp3) is 0.273. The van der Waals surface area contributed by atoms with Crippen molar-refractivity contribution in [1.82, 2.24) is 14.5 Å². The third-order valence-corrected chi connectivity index (χ3v) is 2.66. The first-order valence-electron chi connectivity index (χ1n) is 5.14. The average molecular weight is 256 g/mol. The first-order valence-corrected chi connectivity index (χ1v) is 5.14. The number of rotatable bonds is 1. The van der Waals surface area contributed by atoms with Gasteiger partial charge in [-0.3, -0.25) is 4.57 Å². The molecule has 0 unspecified atom stereocenters. The highest BCUT2D eigenvalue weighted by Crippen LogP contribution is 2.31. The number of imidazole rings is 1. The number of hydrogen-bond donors (Lipinski definition) is 1. The number of anilines is 1. The predicted octanol–water partition coefficient (Wildman–Crippen LogP) is 2.49. The number of aromatic nitrogens is 3. The Morgan fingerprint density at radius 2 is 1.89 bits per heavy atom. The topological polar surface area (TPSA) is 56.7 Å². The van der Waals surface area contributed by atoms with Crippen LogP contribution in [-0.4, -0.2) is 14.5 Å². The fourth-order valence-corrected chi connectivity index (χ4v) is 1.55. The molecule has 2 N–H and O–H groups in total. The molecule has 0 aliphatic carbocycles. The van der Waals surface area contributed by atoms with E-state index >= 15 is 0 Å². The number of nitrogens with two attached hydrogens (primary N) is 1.